The Morgan fingerprint density at radius 3 is 1.69 bits per heavy atom. The molecule has 12 heteroatoms. The minimum atomic E-state index is 0.463. The van der Waals surface area contributed by atoms with E-state index in [2.05, 4.69) is 118 Å². The summed E-state index contributed by atoms with van der Waals surface area (Å²) in [6.07, 6.45) is 13.2. The molecule has 0 radical (unpaired) electrons. The number of rotatable bonds is 4. The van der Waals surface area contributed by atoms with Crippen molar-refractivity contribution in [3.05, 3.63) is 112 Å². The Morgan fingerprint density at radius 2 is 1.10 bits per heavy atom. The predicted octanol–water partition coefficient (Wildman–Crippen LogP) is 13.4. The van der Waals surface area contributed by atoms with Crippen molar-refractivity contribution in [2.24, 2.45) is 0 Å². The van der Waals surface area contributed by atoms with E-state index in [-0.39, 0.29) is 0 Å². The van der Waals surface area contributed by atoms with Crippen molar-refractivity contribution in [2.75, 3.05) is 0 Å². The van der Waals surface area contributed by atoms with Gasteiger partial charge < -0.3 is 4.40 Å². The van der Waals surface area contributed by atoms with Gasteiger partial charge in [-0.1, -0.05) is 111 Å². The number of thiazole rings is 1. The lowest BCUT2D eigenvalue weighted by Gasteiger charge is -2.05. The molecular weight excluding hydrogens is 751 g/mol. The molecule has 0 fully saturated rings. The number of hydrogen-bond donors (Lipinski definition) is 0. The zero-order chi connectivity index (χ0) is 45.0. The Labute approximate surface area is 359 Å². The molecule has 0 aliphatic heterocycles. The second-order valence-corrected chi connectivity index (χ2v) is 14.8. The molecule has 0 saturated heterocycles. The number of imidazole rings is 3. The molecule has 8 heterocycles. The van der Waals surface area contributed by atoms with Gasteiger partial charge in [0, 0.05) is 59.5 Å². The van der Waals surface area contributed by atoms with Gasteiger partial charge in [0.15, 0.2) is 21.9 Å². The van der Waals surface area contributed by atoms with Crippen LogP contribution in [0.2, 0.25) is 0 Å². The van der Waals surface area contributed by atoms with E-state index >= 15 is 0 Å². The van der Waals surface area contributed by atoms with E-state index in [0.717, 1.165) is 44.7 Å². The van der Waals surface area contributed by atoms with Gasteiger partial charge in [0.2, 0.25) is 0 Å². The largest absolute Gasteiger partial charge is 0.301 e. The van der Waals surface area contributed by atoms with Gasteiger partial charge in [0.25, 0.3) is 0 Å². The summed E-state index contributed by atoms with van der Waals surface area (Å²) in [5, 5.41) is 10.7. The van der Waals surface area contributed by atoms with E-state index < -0.39 is 0 Å². The molecule has 0 unspecified atom stereocenters. The van der Waals surface area contributed by atoms with E-state index in [4.69, 9.17) is 0 Å². The SMILES string of the molecule is CC.CC.CC.CC.Cc1nc2cccnn2c1C(C)C.Cc1nc2cnccn2c1C(C)C.Cc1nc2sccn2c1C(C)C.Cc1nn2cccnc2c1C(C)C. The molecule has 8 rings (SSSR count). The van der Waals surface area contributed by atoms with Gasteiger partial charge in [-0.05, 0) is 69.6 Å². The third-order valence-corrected chi connectivity index (χ3v) is 9.34. The van der Waals surface area contributed by atoms with E-state index in [9.17, 15) is 0 Å². The Morgan fingerprint density at radius 1 is 0.542 bits per heavy atom. The van der Waals surface area contributed by atoms with Gasteiger partial charge in [0.05, 0.1) is 34.7 Å². The minimum absolute atomic E-state index is 0.463. The highest BCUT2D eigenvalue weighted by Gasteiger charge is 2.14. The summed E-state index contributed by atoms with van der Waals surface area (Å²) in [5.41, 5.74) is 12.3. The van der Waals surface area contributed by atoms with Crippen LogP contribution in [0, 0.1) is 27.7 Å². The molecule has 0 N–H and O–H groups in total. The lowest BCUT2D eigenvalue weighted by Crippen LogP contribution is -1.99. The highest BCUT2D eigenvalue weighted by Crippen LogP contribution is 2.24. The van der Waals surface area contributed by atoms with Gasteiger partial charge in [-0.15, -0.1) is 11.3 Å². The van der Waals surface area contributed by atoms with Gasteiger partial charge in [-0.2, -0.15) is 10.2 Å². The molecule has 324 valence electrons. The molecule has 0 aliphatic rings. The van der Waals surface area contributed by atoms with Crippen molar-refractivity contribution >= 4 is 33.2 Å². The van der Waals surface area contributed by atoms with Crippen LogP contribution in [0.25, 0.3) is 21.9 Å². The topological polar surface area (TPSA) is 108 Å². The summed E-state index contributed by atoms with van der Waals surface area (Å²) in [6.45, 7) is 41.6. The number of nitrogens with zero attached hydrogens (tertiary/aromatic N) is 11. The fraction of sp³-hybridized carbons (Fsp3) is 0.511. The first-order valence-corrected chi connectivity index (χ1v) is 22.5. The van der Waals surface area contributed by atoms with Crippen molar-refractivity contribution in [3.63, 3.8) is 0 Å². The number of aryl methyl sites for hydroxylation is 4. The van der Waals surface area contributed by atoms with Crippen LogP contribution in [0.1, 0.15) is 180 Å². The molecule has 0 aliphatic carbocycles. The highest BCUT2D eigenvalue weighted by atomic mass is 32.1. The van der Waals surface area contributed by atoms with Crippen LogP contribution >= 0.6 is 11.3 Å². The molecule has 0 spiro atoms. The first kappa shape index (κ1) is 52.0. The lowest BCUT2D eigenvalue weighted by atomic mass is 10.0. The highest BCUT2D eigenvalue weighted by molar-refractivity contribution is 7.15. The average molecular weight is 826 g/mol. The first-order chi connectivity index (χ1) is 28.3. The Bertz CT molecular complexity index is 2150. The molecule has 0 atom stereocenters. The smallest absolute Gasteiger partial charge is 0.194 e. The van der Waals surface area contributed by atoms with Crippen molar-refractivity contribution in [1.82, 2.24) is 52.9 Å². The zero-order valence-electron chi connectivity index (χ0n) is 40.0. The molecule has 0 aromatic carbocycles. The molecule has 11 nitrogen and oxygen atoms in total. The Kier molecular flexibility index (Phi) is 23.1. The minimum Gasteiger partial charge on any atom is -0.301 e. The summed E-state index contributed by atoms with van der Waals surface area (Å²) >= 11 is 1.69. The molecule has 8 aromatic rings. The zero-order valence-corrected chi connectivity index (χ0v) is 40.8. The fourth-order valence-corrected chi connectivity index (χ4v) is 7.48. The predicted molar refractivity (Wildman–Crippen MR) is 253 cm³/mol. The van der Waals surface area contributed by atoms with Gasteiger partial charge >= 0.3 is 0 Å². The summed E-state index contributed by atoms with van der Waals surface area (Å²) < 4.78 is 8.04. The maximum absolute atomic E-state index is 4.48. The van der Waals surface area contributed by atoms with Crippen molar-refractivity contribution in [1.29, 1.82) is 0 Å². The van der Waals surface area contributed by atoms with Crippen LogP contribution in [-0.4, -0.2) is 52.9 Å². The lowest BCUT2D eigenvalue weighted by molar-refractivity contribution is 0.751. The third kappa shape index (κ3) is 13.3. The summed E-state index contributed by atoms with van der Waals surface area (Å²) in [5.74, 6) is 1.99. The second kappa shape index (κ2) is 26.2. The molecule has 0 saturated carbocycles. The molecule has 8 aromatic heterocycles. The van der Waals surface area contributed by atoms with Crippen molar-refractivity contribution < 1.29 is 0 Å². The van der Waals surface area contributed by atoms with Crippen LogP contribution in [-0.2, 0) is 0 Å². The Hall–Kier alpha value is -4.97. The number of hydrogen-bond acceptors (Lipinski definition) is 8. The normalized spacial score (nSPS) is 10.3. The van der Waals surface area contributed by atoms with Gasteiger partial charge in [-0.3, -0.25) is 9.38 Å². The monoisotopic (exact) mass is 826 g/mol. The van der Waals surface area contributed by atoms with Gasteiger partial charge in [0.1, 0.15) is 0 Å². The van der Waals surface area contributed by atoms with Crippen LogP contribution in [0.3, 0.4) is 0 Å². The maximum Gasteiger partial charge on any atom is 0.194 e. The van der Waals surface area contributed by atoms with Crippen molar-refractivity contribution in [2.45, 2.75) is 162 Å². The van der Waals surface area contributed by atoms with Crippen molar-refractivity contribution in [3.8, 4) is 0 Å². The number of fused-ring (bicyclic) bond motifs is 4. The van der Waals surface area contributed by atoms with E-state index in [0.29, 0.717) is 23.7 Å². The molecule has 0 bridgehead atoms. The quantitative estimate of drug-likeness (QED) is 0.174. The summed E-state index contributed by atoms with van der Waals surface area (Å²) in [4.78, 5) is 22.8. The van der Waals surface area contributed by atoms with E-state index in [1.807, 2.05) is 122 Å². The number of aromatic nitrogens is 11. The Balaban J connectivity index is 0.000000372. The van der Waals surface area contributed by atoms with Gasteiger partial charge in [-0.25, -0.2) is 29.0 Å². The van der Waals surface area contributed by atoms with E-state index in [1.165, 1.54) is 22.6 Å². The molecule has 0 amide bonds. The van der Waals surface area contributed by atoms with E-state index in [1.54, 1.807) is 29.9 Å². The van der Waals surface area contributed by atoms with Crippen LogP contribution < -0.4 is 0 Å². The van der Waals surface area contributed by atoms with Crippen LogP contribution in [0.15, 0.2) is 67.0 Å². The fourth-order valence-electron chi connectivity index (χ4n) is 6.72. The third-order valence-electron chi connectivity index (χ3n) is 8.58. The summed E-state index contributed by atoms with van der Waals surface area (Å²) in [6, 6.07) is 5.78. The molecular formula is C47H75N11S. The van der Waals surface area contributed by atoms with Crippen LogP contribution in [0.5, 0.6) is 0 Å². The molecule has 59 heavy (non-hydrogen) atoms. The van der Waals surface area contributed by atoms with Crippen LogP contribution in [0.4, 0.5) is 0 Å². The first-order valence-electron chi connectivity index (χ1n) is 21.6. The maximum atomic E-state index is 4.48. The standard InChI is InChI=1S/3C10H13N3.C9H12N2S.4C2H6/c1-7(2)10-8(3)12-9-6-11-4-5-13(9)10;1-7(2)9-8(3)12-13-6-4-5-11-10(9)13;1-7(2)10-8(3)12-9-5-4-6-11-13(9)10;1-6(2)8-7(3)10-9-11(8)4-5-12-9;4*1-2/h3*4-7H,1-3H3;4-6H,1-3H3;4*1-2H3. The summed E-state index contributed by atoms with van der Waals surface area (Å²) in [7, 11) is 0. The second-order valence-electron chi connectivity index (χ2n) is 13.9. The average Bonchev–Trinajstić information content (AvgIpc) is 4.04.